The lowest BCUT2D eigenvalue weighted by Gasteiger charge is -2.21. The molecule has 3 rings (SSSR count). The first-order valence-electron chi connectivity index (χ1n) is 6.64. The molecule has 1 fully saturated rings. The highest BCUT2D eigenvalue weighted by Gasteiger charge is 2.39. The first-order valence-corrected chi connectivity index (χ1v) is 7.02. The molecule has 106 valence electrons. The fourth-order valence-electron chi connectivity index (χ4n) is 2.78. The van der Waals surface area contributed by atoms with Crippen molar-refractivity contribution in [3.63, 3.8) is 0 Å². The number of nitrogens with zero attached hydrogens (tertiary/aromatic N) is 2. The summed E-state index contributed by atoms with van der Waals surface area (Å²) in [6.45, 7) is 0.492. The molecule has 0 amide bonds. The van der Waals surface area contributed by atoms with E-state index in [1.807, 2.05) is 0 Å². The zero-order valence-corrected chi connectivity index (χ0v) is 11.7. The van der Waals surface area contributed by atoms with Gasteiger partial charge in [-0.05, 0) is 31.0 Å². The molecule has 0 unspecified atom stereocenters. The number of hydrogen-bond donors (Lipinski definition) is 1. The molecule has 0 bridgehead atoms. The Bertz CT molecular complexity index is 623. The highest BCUT2D eigenvalue weighted by atomic mass is 35.5. The van der Waals surface area contributed by atoms with E-state index in [-0.39, 0.29) is 10.4 Å². The Balaban J connectivity index is 1.97. The Morgan fingerprint density at radius 3 is 2.75 bits per heavy atom. The van der Waals surface area contributed by atoms with E-state index in [1.165, 1.54) is 12.1 Å². The van der Waals surface area contributed by atoms with Gasteiger partial charge in [-0.3, -0.25) is 0 Å². The van der Waals surface area contributed by atoms with E-state index < -0.39 is 5.82 Å². The van der Waals surface area contributed by atoms with Crippen LogP contribution in [0.4, 0.5) is 4.39 Å². The first kappa shape index (κ1) is 13.5. The molecule has 0 saturated heterocycles. The van der Waals surface area contributed by atoms with Gasteiger partial charge < -0.3 is 10.3 Å². The van der Waals surface area contributed by atoms with Gasteiger partial charge in [-0.1, -0.05) is 29.6 Å². The maximum atomic E-state index is 13.1. The van der Waals surface area contributed by atoms with Crippen LogP contribution in [0.3, 0.4) is 0 Å². The molecule has 1 aromatic carbocycles. The number of benzene rings is 1. The summed E-state index contributed by atoms with van der Waals surface area (Å²) in [6, 6.07) is 4.11. The molecule has 2 N–H and O–H groups in total. The maximum Gasteiger partial charge on any atom is 0.234 e. The Hall–Kier alpha value is -1.46. The summed E-state index contributed by atoms with van der Waals surface area (Å²) in [6.07, 6.45) is 4.16. The van der Waals surface area contributed by atoms with Crippen LogP contribution in [0.5, 0.6) is 0 Å². The minimum Gasteiger partial charge on any atom is -0.338 e. The largest absolute Gasteiger partial charge is 0.338 e. The van der Waals surface area contributed by atoms with Crippen molar-refractivity contribution in [1.82, 2.24) is 10.1 Å². The molecule has 1 aromatic heterocycles. The van der Waals surface area contributed by atoms with Gasteiger partial charge in [-0.25, -0.2) is 4.39 Å². The van der Waals surface area contributed by atoms with Crippen molar-refractivity contribution in [2.45, 2.75) is 31.1 Å². The van der Waals surface area contributed by atoms with E-state index in [0.29, 0.717) is 23.8 Å². The third-order valence-corrected chi connectivity index (χ3v) is 4.32. The molecular formula is C14H15ClFN3O. The Morgan fingerprint density at radius 2 is 2.10 bits per heavy atom. The van der Waals surface area contributed by atoms with E-state index >= 15 is 0 Å². The topological polar surface area (TPSA) is 64.9 Å². The molecule has 0 aliphatic heterocycles. The molecule has 1 saturated carbocycles. The van der Waals surface area contributed by atoms with E-state index in [9.17, 15) is 4.39 Å². The van der Waals surface area contributed by atoms with Crippen molar-refractivity contribution in [1.29, 1.82) is 0 Å². The van der Waals surface area contributed by atoms with Crippen LogP contribution >= 0.6 is 11.6 Å². The van der Waals surface area contributed by atoms with Gasteiger partial charge in [-0.2, -0.15) is 4.98 Å². The number of hydrogen-bond acceptors (Lipinski definition) is 4. The summed E-state index contributed by atoms with van der Waals surface area (Å²) in [7, 11) is 0. The SMILES string of the molecule is NCC1(c2nc(-c3ccc(F)cc3Cl)no2)CCCC1. The van der Waals surface area contributed by atoms with E-state index in [0.717, 1.165) is 25.7 Å². The van der Waals surface area contributed by atoms with E-state index in [4.69, 9.17) is 21.9 Å². The lowest BCUT2D eigenvalue weighted by Crippen LogP contribution is -2.32. The third-order valence-electron chi connectivity index (χ3n) is 4.00. The van der Waals surface area contributed by atoms with Gasteiger partial charge in [0.05, 0.1) is 10.4 Å². The minimum atomic E-state index is -0.392. The van der Waals surface area contributed by atoms with Crippen LogP contribution in [0.25, 0.3) is 11.4 Å². The second kappa shape index (κ2) is 5.14. The van der Waals surface area contributed by atoms with Crippen LogP contribution < -0.4 is 5.73 Å². The number of aromatic nitrogens is 2. The lowest BCUT2D eigenvalue weighted by molar-refractivity contribution is 0.284. The van der Waals surface area contributed by atoms with Crippen molar-refractivity contribution in [3.8, 4) is 11.4 Å². The molecular weight excluding hydrogens is 281 g/mol. The van der Waals surface area contributed by atoms with Crippen molar-refractivity contribution in [2.75, 3.05) is 6.54 Å². The normalized spacial score (nSPS) is 17.6. The Kier molecular flexibility index (Phi) is 3.48. The van der Waals surface area contributed by atoms with Crippen molar-refractivity contribution < 1.29 is 8.91 Å². The van der Waals surface area contributed by atoms with Crippen LogP contribution in [-0.4, -0.2) is 16.7 Å². The Labute approximate surface area is 121 Å². The summed E-state index contributed by atoms with van der Waals surface area (Å²) >= 11 is 6.02. The van der Waals surface area contributed by atoms with Gasteiger partial charge in [0.2, 0.25) is 11.7 Å². The smallest absolute Gasteiger partial charge is 0.234 e. The first-order chi connectivity index (χ1) is 9.64. The Morgan fingerprint density at radius 1 is 1.35 bits per heavy atom. The van der Waals surface area contributed by atoms with Crippen LogP contribution in [0.15, 0.2) is 22.7 Å². The maximum absolute atomic E-state index is 13.1. The van der Waals surface area contributed by atoms with Gasteiger partial charge in [0.25, 0.3) is 0 Å². The van der Waals surface area contributed by atoms with Crippen LogP contribution in [0, 0.1) is 5.82 Å². The molecule has 0 radical (unpaired) electrons. The second-order valence-electron chi connectivity index (χ2n) is 5.24. The number of halogens is 2. The van der Waals surface area contributed by atoms with Crippen molar-refractivity contribution >= 4 is 11.6 Å². The molecule has 6 heteroatoms. The van der Waals surface area contributed by atoms with Crippen molar-refractivity contribution in [3.05, 3.63) is 34.9 Å². The summed E-state index contributed by atoms with van der Waals surface area (Å²) in [5.41, 5.74) is 6.25. The molecule has 20 heavy (non-hydrogen) atoms. The quantitative estimate of drug-likeness (QED) is 0.943. The van der Waals surface area contributed by atoms with Gasteiger partial charge >= 0.3 is 0 Å². The molecule has 1 aliphatic rings. The summed E-state index contributed by atoms with van der Waals surface area (Å²) in [5.74, 6) is 0.550. The van der Waals surface area contributed by atoms with Crippen LogP contribution in [0.2, 0.25) is 5.02 Å². The number of rotatable bonds is 3. The highest BCUT2D eigenvalue weighted by molar-refractivity contribution is 6.33. The molecule has 0 spiro atoms. The molecule has 0 atom stereocenters. The average molecular weight is 296 g/mol. The predicted molar refractivity (Wildman–Crippen MR) is 73.9 cm³/mol. The monoisotopic (exact) mass is 295 g/mol. The van der Waals surface area contributed by atoms with Crippen molar-refractivity contribution in [2.24, 2.45) is 5.73 Å². The number of nitrogens with two attached hydrogens (primary N) is 1. The summed E-state index contributed by atoms with van der Waals surface area (Å²) < 4.78 is 18.5. The van der Waals surface area contributed by atoms with Gasteiger partial charge in [0.1, 0.15) is 5.82 Å². The zero-order valence-electron chi connectivity index (χ0n) is 10.9. The standard InChI is InChI=1S/C14H15ClFN3O/c15-11-7-9(16)3-4-10(11)12-18-13(20-19-12)14(8-17)5-1-2-6-14/h3-4,7H,1-2,5-6,8,17H2. The molecule has 4 nitrogen and oxygen atoms in total. The van der Waals surface area contributed by atoms with Crippen LogP contribution in [-0.2, 0) is 5.41 Å². The second-order valence-corrected chi connectivity index (χ2v) is 5.65. The lowest BCUT2D eigenvalue weighted by atomic mass is 9.86. The minimum absolute atomic E-state index is 0.211. The van der Waals surface area contributed by atoms with Gasteiger partial charge in [0.15, 0.2) is 0 Å². The van der Waals surface area contributed by atoms with Gasteiger partial charge in [0, 0.05) is 12.1 Å². The zero-order chi connectivity index (χ0) is 14.2. The third kappa shape index (κ3) is 2.21. The fraction of sp³-hybridized carbons (Fsp3) is 0.429. The predicted octanol–water partition coefficient (Wildman–Crippen LogP) is 3.30. The van der Waals surface area contributed by atoms with Gasteiger partial charge in [-0.15, -0.1) is 0 Å². The fourth-order valence-corrected chi connectivity index (χ4v) is 3.03. The molecule has 1 heterocycles. The van der Waals surface area contributed by atoms with E-state index in [2.05, 4.69) is 10.1 Å². The average Bonchev–Trinajstić information content (AvgIpc) is 3.08. The summed E-state index contributed by atoms with van der Waals surface area (Å²) in [4.78, 5) is 4.43. The van der Waals surface area contributed by atoms with Crippen LogP contribution in [0.1, 0.15) is 31.6 Å². The highest BCUT2D eigenvalue weighted by Crippen LogP contribution is 2.40. The summed E-state index contributed by atoms with van der Waals surface area (Å²) in [5, 5.41) is 4.23. The molecule has 2 aromatic rings. The van der Waals surface area contributed by atoms with E-state index in [1.54, 1.807) is 6.07 Å². The molecule has 1 aliphatic carbocycles.